The Morgan fingerprint density at radius 2 is 1.90 bits per heavy atom. The van der Waals surface area contributed by atoms with E-state index in [0.29, 0.717) is 24.4 Å². The largest absolute Gasteiger partial charge is 0.460 e. The quantitative estimate of drug-likeness (QED) is 0.516. The van der Waals surface area contributed by atoms with Crippen LogP contribution < -0.4 is 10.5 Å². The summed E-state index contributed by atoms with van der Waals surface area (Å²) in [5.41, 5.74) is 9.31. The second-order valence-corrected chi connectivity index (χ2v) is 8.27. The van der Waals surface area contributed by atoms with Crippen LogP contribution in [0.3, 0.4) is 0 Å². The van der Waals surface area contributed by atoms with Gasteiger partial charge in [-0.15, -0.1) is 0 Å². The Kier molecular flexibility index (Phi) is 6.99. The fraction of sp³-hybridized carbons (Fsp3) is 0.522. The summed E-state index contributed by atoms with van der Waals surface area (Å²) in [7, 11) is 0. The van der Waals surface area contributed by atoms with Crippen LogP contribution in [0.2, 0.25) is 0 Å². The van der Waals surface area contributed by atoms with Crippen LogP contribution in [0.4, 0.5) is 5.82 Å². The molecule has 3 N–H and O–H groups in total. The maximum absolute atomic E-state index is 9.29. The second kappa shape index (κ2) is 10.1. The molecule has 0 aliphatic carbocycles. The lowest BCUT2D eigenvalue weighted by atomic mass is 10.1. The number of aromatic nitrogens is 4. The van der Waals surface area contributed by atoms with Crippen LogP contribution in [-0.4, -0.2) is 55.6 Å². The lowest BCUT2D eigenvalue weighted by molar-refractivity contribution is 0.135. The molecule has 8 nitrogen and oxygen atoms in total. The predicted molar refractivity (Wildman–Crippen MR) is 121 cm³/mol. The molecular weight excluding hydrogens is 392 g/mol. The maximum atomic E-state index is 9.29. The summed E-state index contributed by atoms with van der Waals surface area (Å²) in [5, 5.41) is 14.5. The number of aliphatic hydroxyl groups is 1. The molecule has 1 atom stereocenters. The van der Waals surface area contributed by atoms with E-state index in [-0.39, 0.29) is 18.7 Å². The average Bonchev–Trinajstić information content (AvgIpc) is 3.39. The molecule has 4 rings (SSSR count). The molecule has 0 saturated carbocycles. The normalized spacial score (nSPS) is 15.5. The van der Waals surface area contributed by atoms with Gasteiger partial charge in [-0.05, 0) is 43.5 Å². The Hall–Kier alpha value is -2.71. The van der Waals surface area contributed by atoms with Crippen LogP contribution >= 0.6 is 0 Å². The van der Waals surface area contributed by atoms with E-state index in [0.717, 1.165) is 24.8 Å². The van der Waals surface area contributed by atoms with Gasteiger partial charge in [-0.3, -0.25) is 4.90 Å². The Balaban J connectivity index is 1.54. The van der Waals surface area contributed by atoms with Crippen molar-refractivity contribution in [2.75, 3.05) is 25.4 Å². The third-order valence-electron chi connectivity index (χ3n) is 5.77. The zero-order valence-electron chi connectivity index (χ0n) is 18.2. The summed E-state index contributed by atoms with van der Waals surface area (Å²) < 4.78 is 7.79. The Morgan fingerprint density at radius 3 is 2.65 bits per heavy atom. The van der Waals surface area contributed by atoms with Crippen molar-refractivity contribution < 1.29 is 9.84 Å². The van der Waals surface area contributed by atoms with E-state index in [1.165, 1.54) is 37.1 Å². The number of aliphatic hydroxyl groups excluding tert-OH is 1. The lowest BCUT2D eigenvalue weighted by Crippen LogP contribution is -2.19. The summed E-state index contributed by atoms with van der Waals surface area (Å²) in [6, 6.07) is 8.88. The van der Waals surface area contributed by atoms with Gasteiger partial charge in [-0.2, -0.15) is 15.1 Å². The number of hydrogen-bond acceptors (Lipinski definition) is 7. The van der Waals surface area contributed by atoms with E-state index in [4.69, 9.17) is 10.5 Å². The van der Waals surface area contributed by atoms with Crippen LogP contribution in [0.5, 0.6) is 6.01 Å². The van der Waals surface area contributed by atoms with Crippen molar-refractivity contribution in [2.45, 2.75) is 58.2 Å². The molecule has 0 spiro atoms. The van der Waals surface area contributed by atoms with Crippen LogP contribution in [0.25, 0.3) is 11.0 Å². The van der Waals surface area contributed by atoms with E-state index < -0.39 is 0 Å². The average molecular weight is 425 g/mol. The van der Waals surface area contributed by atoms with Crippen LogP contribution in [0.15, 0.2) is 30.5 Å². The summed E-state index contributed by atoms with van der Waals surface area (Å²) >= 11 is 0. The minimum atomic E-state index is -0.134. The smallest absolute Gasteiger partial charge is 0.320 e. The highest BCUT2D eigenvalue weighted by Gasteiger charge is 2.16. The monoisotopic (exact) mass is 424 g/mol. The number of ether oxygens (including phenoxy) is 1. The molecule has 3 aromatic rings. The van der Waals surface area contributed by atoms with Crippen molar-refractivity contribution in [3.05, 3.63) is 41.6 Å². The fourth-order valence-electron chi connectivity index (χ4n) is 4.20. The molecule has 1 aromatic carbocycles. The molecule has 0 radical (unpaired) electrons. The van der Waals surface area contributed by atoms with Gasteiger partial charge < -0.3 is 15.6 Å². The molecule has 31 heavy (non-hydrogen) atoms. The van der Waals surface area contributed by atoms with Gasteiger partial charge in [0.25, 0.3) is 0 Å². The molecule has 1 fully saturated rings. The lowest BCUT2D eigenvalue weighted by Gasteiger charge is -2.16. The van der Waals surface area contributed by atoms with Gasteiger partial charge in [0.05, 0.1) is 18.1 Å². The van der Waals surface area contributed by atoms with Crippen molar-refractivity contribution in [1.29, 1.82) is 0 Å². The second-order valence-electron chi connectivity index (χ2n) is 8.27. The van der Waals surface area contributed by atoms with Gasteiger partial charge in [0.2, 0.25) is 0 Å². The van der Waals surface area contributed by atoms with Gasteiger partial charge in [-0.1, -0.05) is 37.6 Å². The Labute approximate surface area is 183 Å². The number of hydrogen-bond donors (Lipinski definition) is 2. The number of nitrogens with zero attached hydrogens (tertiary/aromatic N) is 5. The summed E-state index contributed by atoms with van der Waals surface area (Å²) in [5.74, 6) is 0.355. The zero-order chi connectivity index (χ0) is 21.6. The van der Waals surface area contributed by atoms with Gasteiger partial charge in [0.15, 0.2) is 5.65 Å². The molecule has 8 heteroatoms. The van der Waals surface area contributed by atoms with Crippen molar-refractivity contribution in [3.63, 3.8) is 0 Å². The first kappa shape index (κ1) is 21.5. The SMILES string of the molecule is CCC[C@H](CCO)Oc1nc(N)c2cnn(Cc3cccc(CN4CCCC4)c3)c2n1. The van der Waals surface area contributed by atoms with Crippen LogP contribution in [-0.2, 0) is 13.1 Å². The third-order valence-corrected chi connectivity index (χ3v) is 5.77. The molecule has 1 aliphatic heterocycles. The molecule has 1 aliphatic rings. The predicted octanol–water partition coefficient (Wildman–Crippen LogP) is 2.98. The van der Waals surface area contributed by atoms with E-state index in [1.54, 1.807) is 6.20 Å². The first-order valence-electron chi connectivity index (χ1n) is 11.2. The number of benzene rings is 1. The number of rotatable bonds is 10. The van der Waals surface area contributed by atoms with Crippen LogP contribution in [0, 0.1) is 0 Å². The van der Waals surface area contributed by atoms with Crippen molar-refractivity contribution in [2.24, 2.45) is 0 Å². The minimum absolute atomic E-state index is 0.0636. The van der Waals surface area contributed by atoms with E-state index in [2.05, 4.69) is 51.2 Å². The topological polar surface area (TPSA) is 102 Å². The van der Waals surface area contributed by atoms with Crippen molar-refractivity contribution in [3.8, 4) is 6.01 Å². The molecule has 0 bridgehead atoms. The Bertz CT molecular complexity index is 993. The third kappa shape index (κ3) is 5.32. The molecule has 2 aromatic heterocycles. The first-order chi connectivity index (χ1) is 15.2. The molecule has 166 valence electrons. The highest BCUT2D eigenvalue weighted by molar-refractivity contribution is 5.85. The number of anilines is 1. The highest BCUT2D eigenvalue weighted by atomic mass is 16.5. The fourth-order valence-corrected chi connectivity index (χ4v) is 4.20. The summed E-state index contributed by atoms with van der Waals surface area (Å²) in [6.07, 6.45) is 6.48. The molecule has 3 heterocycles. The van der Waals surface area contributed by atoms with Gasteiger partial charge >= 0.3 is 6.01 Å². The van der Waals surface area contributed by atoms with Crippen molar-refractivity contribution in [1.82, 2.24) is 24.6 Å². The van der Waals surface area contributed by atoms with Gasteiger partial charge in [0, 0.05) is 19.6 Å². The number of likely N-dealkylation sites (tertiary alicyclic amines) is 1. The zero-order valence-corrected chi connectivity index (χ0v) is 18.2. The maximum Gasteiger partial charge on any atom is 0.320 e. The van der Waals surface area contributed by atoms with E-state index >= 15 is 0 Å². The van der Waals surface area contributed by atoms with E-state index in [9.17, 15) is 5.11 Å². The number of nitrogens with two attached hydrogens (primary N) is 1. The molecular formula is C23H32N6O2. The number of nitrogen functional groups attached to an aromatic ring is 1. The standard InChI is InChI=1S/C23H32N6O2/c1-2-6-19(9-12-30)31-23-26-21(24)20-14-25-29(22(20)27-23)16-18-8-5-7-17(13-18)15-28-10-3-4-11-28/h5,7-8,13-14,19,30H,2-4,6,9-12,15-16H2,1H3,(H2,24,26,27)/t19-/m1/s1. The van der Waals surface area contributed by atoms with Crippen LogP contribution in [0.1, 0.15) is 50.2 Å². The van der Waals surface area contributed by atoms with Gasteiger partial charge in [0.1, 0.15) is 11.9 Å². The first-order valence-corrected chi connectivity index (χ1v) is 11.2. The van der Waals surface area contributed by atoms with Gasteiger partial charge in [-0.25, -0.2) is 4.68 Å². The molecule has 0 amide bonds. The summed E-state index contributed by atoms with van der Waals surface area (Å²) in [6.45, 7) is 6.10. The number of fused-ring (bicyclic) bond motifs is 1. The molecule has 1 saturated heterocycles. The summed E-state index contributed by atoms with van der Waals surface area (Å²) in [4.78, 5) is 11.4. The van der Waals surface area contributed by atoms with Crippen molar-refractivity contribution >= 4 is 16.9 Å². The highest BCUT2D eigenvalue weighted by Crippen LogP contribution is 2.23. The minimum Gasteiger partial charge on any atom is -0.460 e. The van der Waals surface area contributed by atoms with E-state index in [1.807, 2.05) is 4.68 Å². The molecule has 0 unspecified atom stereocenters. The Morgan fingerprint density at radius 1 is 1.13 bits per heavy atom.